The summed E-state index contributed by atoms with van der Waals surface area (Å²) in [4.78, 5) is 32.2. The van der Waals surface area contributed by atoms with Crippen molar-refractivity contribution in [2.24, 2.45) is 5.92 Å². The van der Waals surface area contributed by atoms with E-state index in [9.17, 15) is 0 Å². The Kier molecular flexibility index (Phi) is 15.5. The second-order valence-electron chi connectivity index (χ2n) is 12.2. The number of anilines is 2. The largest absolute Gasteiger partial charge is 0.341 e. The summed E-state index contributed by atoms with van der Waals surface area (Å²) < 4.78 is 0. The number of nitrogens with zero attached hydrogens (tertiary/aromatic N) is 10. The van der Waals surface area contributed by atoms with Gasteiger partial charge in [0.25, 0.3) is 0 Å². The molecule has 0 spiro atoms. The van der Waals surface area contributed by atoms with E-state index in [0.29, 0.717) is 0 Å². The normalized spacial score (nSPS) is 21.2. The van der Waals surface area contributed by atoms with Gasteiger partial charge in [-0.1, -0.05) is 13.8 Å². The highest BCUT2D eigenvalue weighted by Crippen LogP contribution is 2.24. The molecule has 11 nitrogen and oxygen atoms in total. The van der Waals surface area contributed by atoms with Gasteiger partial charge in [-0.05, 0) is 57.3 Å². The molecule has 0 amide bonds. The monoisotopic (exact) mass is 609 g/mol. The molecule has 1 N–H and O–H groups in total. The van der Waals surface area contributed by atoms with Gasteiger partial charge in [0, 0.05) is 130 Å². The van der Waals surface area contributed by atoms with E-state index in [2.05, 4.69) is 61.7 Å². The number of aromatic nitrogens is 4. The van der Waals surface area contributed by atoms with Gasteiger partial charge in [0.05, 0.1) is 0 Å². The van der Waals surface area contributed by atoms with E-state index in [1.54, 1.807) is 0 Å². The van der Waals surface area contributed by atoms with Crippen molar-refractivity contribution in [1.82, 2.24) is 44.9 Å². The molecule has 0 atom stereocenters. The van der Waals surface area contributed by atoms with Crippen LogP contribution in [0.5, 0.6) is 0 Å². The predicted molar refractivity (Wildman–Crippen MR) is 181 cm³/mol. The molecule has 0 saturated carbocycles. The Morgan fingerprint density at radius 2 is 1.05 bits per heavy atom. The number of likely N-dealkylation sites (N-methyl/N-ethyl adjacent to an activating group) is 1. The number of hydrogen-bond acceptors (Lipinski definition) is 11. The zero-order chi connectivity index (χ0) is 30.8. The molecule has 11 heteroatoms. The molecule has 2 aromatic heterocycles. The van der Waals surface area contributed by atoms with Crippen LogP contribution >= 0.6 is 0 Å². The van der Waals surface area contributed by atoms with Crippen LogP contribution in [0, 0.1) is 5.92 Å². The third-order valence-corrected chi connectivity index (χ3v) is 9.28. The van der Waals surface area contributed by atoms with E-state index in [4.69, 9.17) is 0 Å². The smallest absolute Gasteiger partial charge is 0.225 e. The molecule has 6 heterocycles. The Morgan fingerprint density at radius 1 is 0.591 bits per heavy atom. The fraction of sp³-hybridized carbons (Fsp3) is 0.758. The quantitative estimate of drug-likeness (QED) is 0.455. The van der Waals surface area contributed by atoms with Gasteiger partial charge in [0.2, 0.25) is 11.9 Å². The van der Waals surface area contributed by atoms with Gasteiger partial charge in [-0.2, -0.15) is 0 Å². The molecule has 44 heavy (non-hydrogen) atoms. The van der Waals surface area contributed by atoms with Crippen LogP contribution < -0.4 is 15.1 Å². The molecule has 4 fully saturated rings. The van der Waals surface area contributed by atoms with Crippen LogP contribution in [0.4, 0.5) is 11.9 Å². The molecule has 2 aromatic rings. The molecule has 6 rings (SSSR count). The van der Waals surface area contributed by atoms with E-state index >= 15 is 0 Å². The second kappa shape index (κ2) is 19.8. The summed E-state index contributed by atoms with van der Waals surface area (Å²) >= 11 is 0. The highest BCUT2D eigenvalue weighted by Gasteiger charge is 2.22. The minimum absolute atomic E-state index is 0.870. The molecular weight excluding hydrogens is 550 g/mol. The van der Waals surface area contributed by atoms with Crippen molar-refractivity contribution < 1.29 is 0 Å². The molecule has 0 radical (unpaired) electrons. The van der Waals surface area contributed by atoms with Crippen molar-refractivity contribution >= 4 is 11.9 Å². The van der Waals surface area contributed by atoms with E-state index in [0.717, 1.165) is 70.2 Å². The van der Waals surface area contributed by atoms with Crippen LogP contribution in [0.25, 0.3) is 0 Å². The van der Waals surface area contributed by atoms with Crippen LogP contribution in [-0.4, -0.2) is 158 Å². The first-order valence-electron chi connectivity index (χ1n) is 17.3. The first kappa shape index (κ1) is 34.4. The number of piperidine rings is 1. The lowest BCUT2D eigenvalue weighted by molar-refractivity contribution is 0.149. The second-order valence-corrected chi connectivity index (χ2v) is 12.2. The van der Waals surface area contributed by atoms with Crippen molar-refractivity contribution in [2.75, 3.05) is 128 Å². The first-order chi connectivity index (χ1) is 21.7. The Labute approximate surface area is 267 Å². The summed E-state index contributed by atoms with van der Waals surface area (Å²) in [7, 11) is 2.22. The Bertz CT molecular complexity index is 968. The molecule has 246 valence electrons. The van der Waals surface area contributed by atoms with Gasteiger partial charge in [-0.25, -0.2) is 19.9 Å². The predicted octanol–water partition coefficient (Wildman–Crippen LogP) is 2.25. The summed E-state index contributed by atoms with van der Waals surface area (Å²) in [6.45, 7) is 23.8. The summed E-state index contributed by atoms with van der Waals surface area (Å²) in [6.07, 6.45) is 12.6. The first-order valence-corrected chi connectivity index (χ1v) is 17.3. The average molecular weight is 610 g/mol. The van der Waals surface area contributed by atoms with E-state index in [1.165, 1.54) is 84.6 Å². The van der Waals surface area contributed by atoms with Gasteiger partial charge in [-0.3, -0.25) is 9.80 Å². The summed E-state index contributed by atoms with van der Waals surface area (Å²) in [5.74, 6) is 2.67. The summed E-state index contributed by atoms with van der Waals surface area (Å²) in [5, 5.41) is 3.40. The van der Waals surface area contributed by atoms with Crippen molar-refractivity contribution in [2.45, 2.75) is 39.5 Å². The lowest BCUT2D eigenvalue weighted by Crippen LogP contribution is -2.51. The van der Waals surface area contributed by atoms with Crippen LogP contribution in [-0.2, 0) is 0 Å². The average Bonchev–Trinajstić information content (AvgIpc) is 3.11. The van der Waals surface area contributed by atoms with E-state index in [1.807, 2.05) is 50.8 Å². The summed E-state index contributed by atoms with van der Waals surface area (Å²) in [6, 6.07) is 3.75. The van der Waals surface area contributed by atoms with Gasteiger partial charge in [0.15, 0.2) is 0 Å². The molecular formula is C33H59N11. The Balaban J connectivity index is 0.000000191. The number of hydrogen-bond donors (Lipinski definition) is 1. The molecule has 0 aromatic carbocycles. The highest BCUT2D eigenvalue weighted by atomic mass is 15.3. The Morgan fingerprint density at radius 3 is 1.59 bits per heavy atom. The maximum atomic E-state index is 4.36. The number of piperazine rings is 3. The standard InChI is InChI=1S/C17H29N5.C14H24N6.C2H6/c1-20-12-14-21(15-13-20)9-2-4-16-5-10-22(11-6-16)17-18-7-3-8-19-17;1-2-16-14(17-3-1)20-12-10-19(11-13-20)9-8-18-6-4-15-5-7-18;1-2/h3,7-8,16H,2,4-6,9-15H2,1H3;1-3,15H,4-13H2;1-2H3. The highest BCUT2D eigenvalue weighted by molar-refractivity contribution is 5.29. The minimum Gasteiger partial charge on any atom is -0.341 e. The molecule has 4 aliphatic rings. The third-order valence-electron chi connectivity index (χ3n) is 9.28. The van der Waals surface area contributed by atoms with Crippen molar-refractivity contribution in [3.05, 3.63) is 36.9 Å². The zero-order valence-electron chi connectivity index (χ0n) is 27.9. The molecule has 0 unspecified atom stereocenters. The van der Waals surface area contributed by atoms with Gasteiger partial charge in [0.1, 0.15) is 0 Å². The van der Waals surface area contributed by atoms with Crippen molar-refractivity contribution in [3.63, 3.8) is 0 Å². The maximum absolute atomic E-state index is 4.36. The SMILES string of the molecule is CC.CN1CCN(CCCC2CCN(c3ncccn3)CC2)CC1.c1cnc(N2CCN(CCN3CCNCC3)CC2)nc1. The minimum atomic E-state index is 0.870. The number of nitrogens with one attached hydrogen (secondary N) is 1. The lowest BCUT2D eigenvalue weighted by atomic mass is 9.92. The van der Waals surface area contributed by atoms with Crippen LogP contribution in [0.2, 0.25) is 0 Å². The lowest BCUT2D eigenvalue weighted by Gasteiger charge is -2.36. The molecule has 0 bridgehead atoms. The topological polar surface area (TPSA) is 83.0 Å². The number of rotatable bonds is 9. The van der Waals surface area contributed by atoms with Crippen LogP contribution in [0.3, 0.4) is 0 Å². The Hall–Kier alpha value is -2.44. The van der Waals surface area contributed by atoms with Crippen molar-refractivity contribution in [1.29, 1.82) is 0 Å². The molecule has 4 aliphatic heterocycles. The van der Waals surface area contributed by atoms with Crippen LogP contribution in [0.15, 0.2) is 36.9 Å². The fourth-order valence-corrected chi connectivity index (χ4v) is 6.39. The van der Waals surface area contributed by atoms with Gasteiger partial charge in [-0.15, -0.1) is 0 Å². The van der Waals surface area contributed by atoms with Gasteiger partial charge >= 0.3 is 0 Å². The van der Waals surface area contributed by atoms with Gasteiger partial charge < -0.3 is 24.9 Å². The van der Waals surface area contributed by atoms with E-state index < -0.39 is 0 Å². The fourth-order valence-electron chi connectivity index (χ4n) is 6.39. The maximum Gasteiger partial charge on any atom is 0.225 e. The third kappa shape index (κ3) is 11.8. The zero-order valence-corrected chi connectivity index (χ0v) is 27.9. The van der Waals surface area contributed by atoms with Crippen molar-refractivity contribution in [3.8, 4) is 0 Å². The summed E-state index contributed by atoms with van der Waals surface area (Å²) in [5.41, 5.74) is 0. The molecule has 4 saturated heterocycles. The molecule has 0 aliphatic carbocycles. The van der Waals surface area contributed by atoms with Crippen LogP contribution in [0.1, 0.15) is 39.5 Å². The van der Waals surface area contributed by atoms with E-state index in [-0.39, 0.29) is 0 Å².